The van der Waals surface area contributed by atoms with Crippen molar-refractivity contribution in [1.82, 2.24) is 9.78 Å². The number of alkyl halides is 3. The van der Waals surface area contributed by atoms with Gasteiger partial charge in [0.25, 0.3) is 0 Å². The highest BCUT2D eigenvalue weighted by atomic mass is 19.4. The first kappa shape index (κ1) is 17.5. The maximum atomic E-state index is 13.4. The summed E-state index contributed by atoms with van der Waals surface area (Å²) in [5.74, 6) is 0. The van der Waals surface area contributed by atoms with Crippen molar-refractivity contribution in [2.24, 2.45) is 0 Å². The van der Waals surface area contributed by atoms with Crippen LogP contribution in [-0.2, 0) is 6.18 Å². The topological polar surface area (TPSA) is 17.8 Å². The molecule has 0 aliphatic rings. The molecule has 0 fully saturated rings. The van der Waals surface area contributed by atoms with Crippen LogP contribution in [0.2, 0.25) is 0 Å². The van der Waals surface area contributed by atoms with Crippen LogP contribution in [0.25, 0.3) is 38.5 Å². The number of fused-ring (bicyclic) bond motifs is 3. The third-order valence-electron chi connectivity index (χ3n) is 4.99. The predicted octanol–water partition coefficient (Wildman–Crippen LogP) is 6.66. The van der Waals surface area contributed by atoms with E-state index >= 15 is 0 Å². The minimum Gasteiger partial charge on any atom is -0.233 e. The molecule has 0 aliphatic heterocycles. The van der Waals surface area contributed by atoms with E-state index in [0.717, 1.165) is 27.6 Å². The van der Waals surface area contributed by atoms with Crippen molar-refractivity contribution in [2.45, 2.75) is 6.18 Å². The number of hydrogen-bond donors (Lipinski definition) is 0. The van der Waals surface area contributed by atoms with Crippen LogP contribution in [0.3, 0.4) is 0 Å². The van der Waals surface area contributed by atoms with Crippen molar-refractivity contribution in [3.63, 3.8) is 0 Å². The van der Waals surface area contributed by atoms with Gasteiger partial charge in [-0.2, -0.15) is 18.3 Å². The maximum Gasteiger partial charge on any atom is 0.435 e. The molecule has 0 amide bonds. The van der Waals surface area contributed by atoms with E-state index in [2.05, 4.69) is 11.2 Å². The van der Waals surface area contributed by atoms with Crippen LogP contribution in [0.4, 0.5) is 13.2 Å². The van der Waals surface area contributed by atoms with Gasteiger partial charge in [-0.25, -0.2) is 4.68 Å². The van der Waals surface area contributed by atoms with Crippen molar-refractivity contribution in [2.75, 3.05) is 0 Å². The van der Waals surface area contributed by atoms with Gasteiger partial charge in [0.2, 0.25) is 0 Å². The van der Waals surface area contributed by atoms with Crippen LogP contribution in [0.1, 0.15) is 5.69 Å². The number of benzene rings is 4. The van der Waals surface area contributed by atoms with Crippen LogP contribution < -0.4 is 0 Å². The lowest BCUT2D eigenvalue weighted by Gasteiger charge is -2.10. The quantitative estimate of drug-likeness (QED) is 0.310. The minimum atomic E-state index is -4.52. The Morgan fingerprint density at radius 2 is 1.48 bits per heavy atom. The molecule has 0 aliphatic carbocycles. The van der Waals surface area contributed by atoms with Gasteiger partial charge in [-0.1, -0.05) is 60.7 Å². The first-order valence-corrected chi connectivity index (χ1v) is 9.06. The Morgan fingerprint density at radius 3 is 2.28 bits per heavy atom. The number of nitrogens with zero attached hydrogens (tertiary/aromatic N) is 2. The molecule has 0 N–H and O–H groups in total. The molecule has 1 radical (unpaired) electrons. The molecule has 0 spiro atoms. The number of aromatic nitrogens is 2. The highest BCUT2D eigenvalue weighted by Gasteiger charge is 2.35. The molecule has 2 nitrogen and oxygen atoms in total. The van der Waals surface area contributed by atoms with Gasteiger partial charge in [0.1, 0.15) is 0 Å². The summed E-state index contributed by atoms with van der Waals surface area (Å²) in [6, 6.07) is 28.4. The number of halogens is 3. The summed E-state index contributed by atoms with van der Waals surface area (Å²) in [6.07, 6.45) is -4.52. The highest BCUT2D eigenvalue weighted by Crippen LogP contribution is 2.35. The van der Waals surface area contributed by atoms with Crippen molar-refractivity contribution in [1.29, 1.82) is 0 Å². The Labute approximate surface area is 164 Å². The van der Waals surface area contributed by atoms with E-state index in [4.69, 9.17) is 0 Å². The fraction of sp³-hybridized carbons (Fsp3) is 0.0417. The standard InChI is InChI=1S/C24H14F3N2/c25-24(26,27)23-15-22(29(28-23)19-7-2-1-3-8-19)18-12-13-21-17(14-18)11-10-16-6-4-5-9-20(16)21/h2-15H. The lowest BCUT2D eigenvalue weighted by atomic mass is 9.99. The summed E-state index contributed by atoms with van der Waals surface area (Å²) in [4.78, 5) is 0. The fourth-order valence-electron chi connectivity index (χ4n) is 3.61. The van der Waals surface area contributed by atoms with Crippen LogP contribution in [0.5, 0.6) is 0 Å². The Kier molecular flexibility index (Phi) is 3.91. The molecule has 1 aromatic heterocycles. The third-order valence-corrected chi connectivity index (χ3v) is 4.99. The molecule has 5 aromatic rings. The van der Waals surface area contributed by atoms with Gasteiger partial charge < -0.3 is 0 Å². The zero-order valence-electron chi connectivity index (χ0n) is 15.1. The fourth-order valence-corrected chi connectivity index (χ4v) is 3.61. The number of hydrogen-bond acceptors (Lipinski definition) is 1. The summed E-state index contributed by atoms with van der Waals surface area (Å²) in [7, 11) is 0. The predicted molar refractivity (Wildman–Crippen MR) is 108 cm³/mol. The van der Waals surface area contributed by atoms with Crippen LogP contribution >= 0.6 is 0 Å². The molecule has 5 rings (SSSR count). The Bertz CT molecular complexity index is 1340. The SMILES string of the molecule is FC(F)(F)c1cc(-c2ccc3c(ccc4ccccc43)c2)n(-c2cc[c]cc2)n1. The van der Waals surface area contributed by atoms with Gasteiger partial charge in [-0.3, -0.25) is 0 Å². The second-order valence-corrected chi connectivity index (χ2v) is 6.81. The van der Waals surface area contributed by atoms with Gasteiger partial charge in [0.05, 0.1) is 11.4 Å². The number of rotatable bonds is 2. The zero-order chi connectivity index (χ0) is 20.0. The summed E-state index contributed by atoms with van der Waals surface area (Å²) in [6.45, 7) is 0. The molecular weight excluding hydrogens is 373 g/mol. The molecule has 0 saturated heterocycles. The molecule has 5 heteroatoms. The molecule has 29 heavy (non-hydrogen) atoms. The Balaban J connectivity index is 1.73. The van der Waals surface area contributed by atoms with E-state index in [1.807, 2.05) is 54.6 Å². The third kappa shape index (κ3) is 3.05. The van der Waals surface area contributed by atoms with E-state index < -0.39 is 11.9 Å². The molecule has 4 aromatic carbocycles. The van der Waals surface area contributed by atoms with Crippen molar-refractivity contribution in [3.05, 3.63) is 96.7 Å². The minimum absolute atomic E-state index is 0.388. The monoisotopic (exact) mass is 387 g/mol. The summed E-state index contributed by atoms with van der Waals surface area (Å²) in [5.41, 5.74) is 0.689. The zero-order valence-corrected chi connectivity index (χ0v) is 15.1. The second-order valence-electron chi connectivity index (χ2n) is 6.81. The maximum absolute atomic E-state index is 13.4. The molecular formula is C24H14F3N2. The van der Waals surface area contributed by atoms with Gasteiger partial charge in [0.15, 0.2) is 5.69 Å². The smallest absolute Gasteiger partial charge is 0.233 e. The largest absolute Gasteiger partial charge is 0.435 e. The molecule has 141 valence electrons. The van der Waals surface area contributed by atoms with Gasteiger partial charge in [-0.15, -0.1) is 0 Å². The first-order chi connectivity index (χ1) is 14.0. The van der Waals surface area contributed by atoms with E-state index in [-0.39, 0.29) is 0 Å². The second kappa shape index (κ2) is 6.48. The highest BCUT2D eigenvalue weighted by molar-refractivity contribution is 6.08. The average molecular weight is 387 g/mol. The van der Waals surface area contributed by atoms with E-state index in [1.54, 1.807) is 24.3 Å². The van der Waals surface area contributed by atoms with Gasteiger partial charge in [-0.05, 0) is 51.9 Å². The van der Waals surface area contributed by atoms with Gasteiger partial charge >= 0.3 is 6.18 Å². The average Bonchev–Trinajstić information content (AvgIpc) is 3.20. The summed E-state index contributed by atoms with van der Waals surface area (Å²) < 4.78 is 41.4. The molecule has 1 heterocycles. The lowest BCUT2D eigenvalue weighted by molar-refractivity contribution is -0.141. The van der Waals surface area contributed by atoms with E-state index in [0.29, 0.717) is 16.9 Å². The Hall–Kier alpha value is -3.60. The van der Waals surface area contributed by atoms with E-state index in [9.17, 15) is 13.2 Å². The van der Waals surface area contributed by atoms with Gasteiger partial charge in [0, 0.05) is 5.56 Å². The van der Waals surface area contributed by atoms with Crippen LogP contribution in [0.15, 0.2) is 84.9 Å². The summed E-state index contributed by atoms with van der Waals surface area (Å²) in [5, 5.41) is 8.09. The molecule has 0 saturated carbocycles. The van der Waals surface area contributed by atoms with Crippen molar-refractivity contribution < 1.29 is 13.2 Å². The normalized spacial score (nSPS) is 12.0. The van der Waals surface area contributed by atoms with Crippen molar-refractivity contribution >= 4 is 21.5 Å². The first-order valence-electron chi connectivity index (χ1n) is 9.06. The van der Waals surface area contributed by atoms with E-state index in [1.165, 1.54) is 4.68 Å². The molecule has 0 bridgehead atoms. The molecule has 0 unspecified atom stereocenters. The molecule has 0 atom stereocenters. The summed E-state index contributed by atoms with van der Waals surface area (Å²) >= 11 is 0. The van der Waals surface area contributed by atoms with Crippen LogP contribution in [0, 0.1) is 6.07 Å². The van der Waals surface area contributed by atoms with Crippen molar-refractivity contribution in [3.8, 4) is 16.9 Å². The van der Waals surface area contributed by atoms with Crippen LogP contribution in [-0.4, -0.2) is 9.78 Å². The lowest BCUT2D eigenvalue weighted by Crippen LogP contribution is -2.07. The Morgan fingerprint density at radius 1 is 0.759 bits per heavy atom.